The lowest BCUT2D eigenvalue weighted by Gasteiger charge is -2.24. The minimum atomic E-state index is -0.273. The van der Waals surface area contributed by atoms with Gasteiger partial charge in [-0.05, 0) is 42.2 Å². The van der Waals surface area contributed by atoms with Crippen molar-refractivity contribution in [3.05, 3.63) is 71.7 Å². The van der Waals surface area contributed by atoms with Crippen molar-refractivity contribution in [1.82, 2.24) is 10.3 Å². The van der Waals surface area contributed by atoms with Gasteiger partial charge in [0.1, 0.15) is 5.82 Å². The minimum absolute atomic E-state index is 0.0430. The van der Waals surface area contributed by atoms with Crippen LogP contribution in [0, 0.1) is 5.82 Å². The molecule has 0 radical (unpaired) electrons. The minimum Gasteiger partial charge on any atom is -0.361 e. The molecule has 3 nitrogen and oxygen atoms in total. The average Bonchev–Trinajstić information content (AvgIpc) is 3.11. The van der Waals surface area contributed by atoms with Crippen molar-refractivity contribution in [1.29, 1.82) is 0 Å². The standard InChI is InChI=1S/C23H25FN2O/c24-17-8-6-7-16(13-17)20(14-23(27)26-18-9-2-1-3-10-18)21-15-25-22-12-5-4-11-19(21)22/h4-8,11-13,15,18,20,25H,1-3,9-10,14H2,(H,26,27). The lowest BCUT2D eigenvalue weighted by molar-refractivity contribution is -0.122. The monoisotopic (exact) mass is 364 g/mol. The summed E-state index contributed by atoms with van der Waals surface area (Å²) < 4.78 is 13.9. The third-order valence-corrected chi connectivity index (χ3v) is 5.61. The highest BCUT2D eigenvalue weighted by molar-refractivity contribution is 5.86. The zero-order valence-electron chi connectivity index (χ0n) is 15.4. The number of rotatable bonds is 5. The molecule has 0 aliphatic heterocycles. The number of carbonyl (C=O) groups is 1. The summed E-state index contributed by atoms with van der Waals surface area (Å²) in [6.45, 7) is 0. The van der Waals surface area contributed by atoms with E-state index in [1.807, 2.05) is 36.5 Å². The molecule has 1 heterocycles. The quantitative estimate of drug-likeness (QED) is 0.636. The second kappa shape index (κ2) is 7.95. The van der Waals surface area contributed by atoms with Gasteiger partial charge in [0.15, 0.2) is 0 Å². The lowest BCUT2D eigenvalue weighted by Crippen LogP contribution is -2.36. The topological polar surface area (TPSA) is 44.9 Å². The molecule has 4 rings (SSSR count). The summed E-state index contributed by atoms with van der Waals surface area (Å²) in [5.41, 5.74) is 2.90. The number of carbonyl (C=O) groups excluding carboxylic acids is 1. The van der Waals surface area contributed by atoms with Gasteiger partial charge in [0, 0.05) is 35.5 Å². The first-order valence-electron chi connectivity index (χ1n) is 9.81. The van der Waals surface area contributed by atoms with Gasteiger partial charge in [-0.15, -0.1) is 0 Å². The molecule has 2 aromatic carbocycles. The molecule has 1 unspecified atom stereocenters. The maximum absolute atomic E-state index is 13.9. The molecule has 1 fully saturated rings. The highest BCUT2D eigenvalue weighted by Crippen LogP contribution is 2.34. The van der Waals surface area contributed by atoms with Gasteiger partial charge in [-0.2, -0.15) is 0 Å². The van der Waals surface area contributed by atoms with Crippen molar-refractivity contribution in [3.63, 3.8) is 0 Å². The fourth-order valence-corrected chi connectivity index (χ4v) is 4.23. The molecule has 140 valence electrons. The zero-order valence-corrected chi connectivity index (χ0v) is 15.4. The third-order valence-electron chi connectivity index (χ3n) is 5.61. The summed E-state index contributed by atoms with van der Waals surface area (Å²) in [6, 6.07) is 14.9. The van der Waals surface area contributed by atoms with Crippen LogP contribution < -0.4 is 5.32 Å². The Labute approximate surface area is 159 Å². The highest BCUT2D eigenvalue weighted by atomic mass is 19.1. The van der Waals surface area contributed by atoms with Gasteiger partial charge in [-0.3, -0.25) is 4.79 Å². The summed E-state index contributed by atoms with van der Waals surface area (Å²) in [5.74, 6) is -0.410. The number of fused-ring (bicyclic) bond motifs is 1. The SMILES string of the molecule is O=C(CC(c1cccc(F)c1)c1c[nH]c2ccccc12)NC1CCCCC1. The number of halogens is 1. The fraction of sp³-hybridized carbons (Fsp3) is 0.348. The number of hydrogen-bond donors (Lipinski definition) is 2. The van der Waals surface area contributed by atoms with Gasteiger partial charge in [0.2, 0.25) is 5.91 Å². The second-order valence-electron chi connectivity index (χ2n) is 7.50. The first kappa shape index (κ1) is 17.8. The van der Waals surface area contributed by atoms with Crippen molar-refractivity contribution in [3.8, 4) is 0 Å². The zero-order chi connectivity index (χ0) is 18.6. The maximum Gasteiger partial charge on any atom is 0.221 e. The Bertz CT molecular complexity index is 927. The van der Waals surface area contributed by atoms with E-state index in [1.54, 1.807) is 12.1 Å². The largest absolute Gasteiger partial charge is 0.361 e. The van der Waals surface area contributed by atoms with E-state index in [0.717, 1.165) is 34.9 Å². The number of aromatic nitrogens is 1. The predicted molar refractivity (Wildman–Crippen MR) is 106 cm³/mol. The lowest BCUT2D eigenvalue weighted by atomic mass is 9.87. The Kier molecular flexibility index (Phi) is 5.23. The van der Waals surface area contributed by atoms with Crippen LogP contribution in [0.3, 0.4) is 0 Å². The van der Waals surface area contributed by atoms with Gasteiger partial charge in [0.25, 0.3) is 0 Å². The van der Waals surface area contributed by atoms with Gasteiger partial charge in [0.05, 0.1) is 0 Å². The number of benzene rings is 2. The summed E-state index contributed by atoms with van der Waals surface area (Å²) in [7, 11) is 0. The number of amides is 1. The molecule has 0 spiro atoms. The van der Waals surface area contributed by atoms with Crippen molar-refractivity contribution < 1.29 is 9.18 Å². The smallest absolute Gasteiger partial charge is 0.221 e. The fourth-order valence-electron chi connectivity index (χ4n) is 4.23. The molecule has 1 aromatic heterocycles. The molecule has 2 N–H and O–H groups in total. The number of H-pyrrole nitrogens is 1. The van der Waals surface area contributed by atoms with Gasteiger partial charge < -0.3 is 10.3 Å². The Morgan fingerprint density at radius 3 is 2.74 bits per heavy atom. The second-order valence-corrected chi connectivity index (χ2v) is 7.50. The van der Waals surface area contributed by atoms with Crippen molar-refractivity contribution >= 4 is 16.8 Å². The maximum atomic E-state index is 13.9. The Hall–Kier alpha value is -2.62. The van der Waals surface area contributed by atoms with Gasteiger partial charge in [-0.25, -0.2) is 4.39 Å². The van der Waals surface area contributed by atoms with E-state index >= 15 is 0 Å². The van der Waals surface area contributed by atoms with E-state index < -0.39 is 0 Å². The van der Waals surface area contributed by atoms with Crippen LogP contribution in [0.15, 0.2) is 54.7 Å². The van der Waals surface area contributed by atoms with Crippen molar-refractivity contribution in [2.45, 2.75) is 50.5 Å². The Morgan fingerprint density at radius 2 is 1.93 bits per heavy atom. The molecule has 1 atom stereocenters. The summed E-state index contributed by atoms with van der Waals surface area (Å²) in [6.07, 6.45) is 8.01. The van der Waals surface area contributed by atoms with E-state index in [4.69, 9.17) is 0 Å². The molecule has 0 saturated heterocycles. The molecule has 1 amide bonds. The van der Waals surface area contributed by atoms with E-state index in [0.29, 0.717) is 6.42 Å². The molecule has 1 saturated carbocycles. The van der Waals surface area contributed by atoms with Crippen LogP contribution in [0.2, 0.25) is 0 Å². The molecular formula is C23H25FN2O. The van der Waals surface area contributed by atoms with E-state index in [-0.39, 0.29) is 23.7 Å². The van der Waals surface area contributed by atoms with Crippen LogP contribution in [0.1, 0.15) is 55.6 Å². The Morgan fingerprint density at radius 1 is 1.11 bits per heavy atom. The van der Waals surface area contributed by atoms with E-state index in [9.17, 15) is 9.18 Å². The average molecular weight is 364 g/mol. The van der Waals surface area contributed by atoms with E-state index in [1.165, 1.54) is 25.3 Å². The Balaban J connectivity index is 1.63. The van der Waals surface area contributed by atoms with Crippen LogP contribution in [0.25, 0.3) is 10.9 Å². The number of aromatic amines is 1. The molecule has 3 aromatic rings. The van der Waals surface area contributed by atoms with Crippen LogP contribution in [-0.4, -0.2) is 16.9 Å². The van der Waals surface area contributed by atoms with Crippen LogP contribution in [0.5, 0.6) is 0 Å². The molecule has 4 heteroatoms. The molecule has 1 aliphatic rings. The third kappa shape index (κ3) is 4.05. The number of nitrogens with one attached hydrogen (secondary N) is 2. The van der Waals surface area contributed by atoms with E-state index in [2.05, 4.69) is 10.3 Å². The van der Waals surface area contributed by atoms with Crippen molar-refractivity contribution in [2.24, 2.45) is 0 Å². The summed E-state index contributed by atoms with van der Waals surface area (Å²) in [4.78, 5) is 16.1. The molecular weight excluding hydrogens is 339 g/mol. The van der Waals surface area contributed by atoms with Crippen LogP contribution in [-0.2, 0) is 4.79 Å². The first-order chi connectivity index (χ1) is 13.2. The van der Waals surface area contributed by atoms with Gasteiger partial charge >= 0.3 is 0 Å². The number of para-hydroxylation sites is 1. The highest BCUT2D eigenvalue weighted by Gasteiger charge is 2.23. The first-order valence-corrected chi connectivity index (χ1v) is 9.81. The van der Waals surface area contributed by atoms with Crippen LogP contribution >= 0.6 is 0 Å². The van der Waals surface area contributed by atoms with Crippen LogP contribution in [0.4, 0.5) is 4.39 Å². The number of hydrogen-bond acceptors (Lipinski definition) is 1. The molecule has 27 heavy (non-hydrogen) atoms. The van der Waals surface area contributed by atoms with Crippen molar-refractivity contribution in [2.75, 3.05) is 0 Å². The summed E-state index contributed by atoms with van der Waals surface area (Å²) in [5, 5.41) is 4.28. The molecule has 0 bridgehead atoms. The predicted octanol–water partition coefficient (Wildman–Crippen LogP) is 5.28. The van der Waals surface area contributed by atoms with Gasteiger partial charge in [-0.1, -0.05) is 49.6 Å². The normalized spacial score (nSPS) is 16.3. The molecule has 1 aliphatic carbocycles. The summed E-state index contributed by atoms with van der Waals surface area (Å²) >= 11 is 0.